The molecule has 2 aromatic carbocycles. The zero-order valence-electron chi connectivity index (χ0n) is 18.4. The molecule has 0 spiro atoms. The number of carbonyl (C=O) groups is 1. The molecule has 9 heteroatoms. The Hall–Kier alpha value is -2.78. The van der Waals surface area contributed by atoms with Crippen LogP contribution in [0.15, 0.2) is 58.4 Å². The van der Waals surface area contributed by atoms with Crippen LogP contribution in [0.2, 0.25) is 0 Å². The maximum absolute atomic E-state index is 12.8. The predicted molar refractivity (Wildman–Crippen MR) is 133 cm³/mol. The van der Waals surface area contributed by atoms with Crippen molar-refractivity contribution in [1.82, 2.24) is 9.71 Å². The Morgan fingerprint density at radius 3 is 2.79 bits per heavy atom. The quantitative estimate of drug-likeness (QED) is 0.444. The lowest BCUT2D eigenvalue weighted by Crippen LogP contribution is -2.30. The highest BCUT2D eigenvalue weighted by Crippen LogP contribution is 2.23. The molecule has 174 valence electrons. The number of aromatic nitrogens is 1. The maximum Gasteiger partial charge on any atom is 0.262 e. The normalized spacial score (nSPS) is 14.5. The maximum atomic E-state index is 12.8. The number of sulfonamides is 1. The summed E-state index contributed by atoms with van der Waals surface area (Å²) < 4.78 is 29.3. The molecule has 1 aliphatic rings. The van der Waals surface area contributed by atoms with Gasteiger partial charge in [-0.3, -0.25) is 14.5 Å². The van der Waals surface area contributed by atoms with Crippen molar-refractivity contribution in [3.8, 4) is 0 Å². The van der Waals surface area contributed by atoms with E-state index in [0.717, 1.165) is 49.0 Å². The smallest absolute Gasteiger partial charge is 0.262 e. The molecule has 0 bridgehead atoms. The van der Waals surface area contributed by atoms with E-state index in [1.165, 1.54) is 16.8 Å². The number of amides is 1. The summed E-state index contributed by atoms with van der Waals surface area (Å²) in [6.07, 6.45) is 6.41. The van der Waals surface area contributed by atoms with E-state index >= 15 is 0 Å². The van der Waals surface area contributed by atoms with E-state index < -0.39 is 10.0 Å². The third-order valence-corrected chi connectivity index (χ3v) is 7.91. The standard InChI is InChI=1S/C24H28N4O3S2/c29-23(14-5-6-15-24-27-20-11-3-4-12-21(20)32-24)26-18-9-8-10-19(17-18)33(30,31)28-22-13-2-1-7-16-25-22/h3-4,8-12,17H,1-2,5-7,13-16H2,(H,25,28)(H,26,29). The average molecular weight is 485 g/mol. The van der Waals surface area contributed by atoms with Gasteiger partial charge in [0.1, 0.15) is 5.84 Å². The first-order valence-electron chi connectivity index (χ1n) is 11.3. The third-order valence-electron chi connectivity index (χ3n) is 5.44. The summed E-state index contributed by atoms with van der Waals surface area (Å²) in [5, 5.41) is 3.90. The minimum absolute atomic E-state index is 0.114. The average Bonchev–Trinajstić information content (AvgIpc) is 3.05. The van der Waals surface area contributed by atoms with Gasteiger partial charge in [0.25, 0.3) is 10.0 Å². The van der Waals surface area contributed by atoms with Crippen LogP contribution in [0.5, 0.6) is 0 Å². The molecule has 1 amide bonds. The molecule has 4 rings (SSSR count). The second-order valence-electron chi connectivity index (χ2n) is 8.10. The lowest BCUT2D eigenvalue weighted by atomic mass is 10.2. The van der Waals surface area contributed by atoms with Crippen LogP contribution in [0.4, 0.5) is 5.69 Å². The van der Waals surface area contributed by atoms with E-state index in [1.54, 1.807) is 23.5 Å². The highest BCUT2D eigenvalue weighted by Gasteiger charge is 2.18. The summed E-state index contributed by atoms with van der Waals surface area (Å²) in [6.45, 7) is 0.646. The second-order valence-corrected chi connectivity index (χ2v) is 10.9. The SMILES string of the molecule is O=C(CCCCc1nc2ccccc2s1)Nc1cccc(S(=O)(=O)NC2=NCCCCC2)c1. The van der Waals surface area contributed by atoms with E-state index in [-0.39, 0.29) is 10.8 Å². The number of para-hydroxylation sites is 1. The van der Waals surface area contributed by atoms with Crippen molar-refractivity contribution in [1.29, 1.82) is 0 Å². The lowest BCUT2D eigenvalue weighted by molar-refractivity contribution is -0.116. The fourth-order valence-corrected chi connectivity index (χ4v) is 5.87. The number of hydrogen-bond donors (Lipinski definition) is 2. The van der Waals surface area contributed by atoms with Crippen molar-refractivity contribution in [3.63, 3.8) is 0 Å². The van der Waals surface area contributed by atoms with Crippen LogP contribution in [0, 0.1) is 0 Å². The largest absolute Gasteiger partial charge is 0.326 e. The zero-order valence-corrected chi connectivity index (χ0v) is 20.1. The molecule has 0 atom stereocenters. The van der Waals surface area contributed by atoms with Crippen molar-refractivity contribution in [2.24, 2.45) is 4.99 Å². The van der Waals surface area contributed by atoms with Gasteiger partial charge in [-0.25, -0.2) is 13.4 Å². The monoisotopic (exact) mass is 484 g/mol. The number of thiazole rings is 1. The molecule has 3 aromatic rings. The predicted octanol–water partition coefficient (Wildman–Crippen LogP) is 4.90. The topological polar surface area (TPSA) is 101 Å². The number of aryl methyl sites for hydroxylation is 1. The number of fused-ring (bicyclic) bond motifs is 1. The van der Waals surface area contributed by atoms with Crippen molar-refractivity contribution >= 4 is 49.0 Å². The fraction of sp³-hybridized carbons (Fsp3) is 0.375. The van der Waals surface area contributed by atoms with E-state index in [9.17, 15) is 13.2 Å². The lowest BCUT2D eigenvalue weighted by Gasteiger charge is -2.11. The highest BCUT2D eigenvalue weighted by molar-refractivity contribution is 7.90. The van der Waals surface area contributed by atoms with E-state index in [4.69, 9.17) is 0 Å². The van der Waals surface area contributed by atoms with Crippen LogP contribution in [-0.2, 0) is 21.2 Å². The minimum Gasteiger partial charge on any atom is -0.326 e. The van der Waals surface area contributed by atoms with Gasteiger partial charge in [0, 0.05) is 25.1 Å². The van der Waals surface area contributed by atoms with Crippen LogP contribution in [0.1, 0.15) is 50.0 Å². The van der Waals surface area contributed by atoms with Gasteiger partial charge >= 0.3 is 0 Å². The molecule has 1 aromatic heterocycles. The molecule has 1 aliphatic heterocycles. The number of aliphatic imine (C=N–C) groups is 1. The minimum atomic E-state index is -3.74. The van der Waals surface area contributed by atoms with E-state index in [0.29, 0.717) is 30.9 Å². The van der Waals surface area contributed by atoms with Crippen molar-refractivity contribution < 1.29 is 13.2 Å². The molecule has 33 heavy (non-hydrogen) atoms. The van der Waals surface area contributed by atoms with Gasteiger partial charge in [-0.05, 0) is 62.4 Å². The van der Waals surface area contributed by atoms with Crippen LogP contribution < -0.4 is 10.0 Å². The number of anilines is 1. The summed E-state index contributed by atoms with van der Waals surface area (Å²) in [4.78, 5) is 21.4. The molecule has 0 radical (unpaired) electrons. The third kappa shape index (κ3) is 6.61. The summed E-state index contributed by atoms with van der Waals surface area (Å²) >= 11 is 1.69. The Kier molecular flexibility index (Phi) is 7.72. The molecule has 0 unspecified atom stereocenters. The molecule has 0 saturated carbocycles. The van der Waals surface area contributed by atoms with Crippen LogP contribution in [-0.4, -0.2) is 31.7 Å². The number of hydrogen-bond acceptors (Lipinski definition) is 6. The number of benzene rings is 2. The van der Waals surface area contributed by atoms with Gasteiger partial charge in [-0.2, -0.15) is 0 Å². The Bertz CT molecular complexity index is 1220. The Morgan fingerprint density at radius 2 is 1.91 bits per heavy atom. The summed E-state index contributed by atoms with van der Waals surface area (Å²) in [6, 6.07) is 14.4. The zero-order chi connectivity index (χ0) is 23.1. The van der Waals surface area contributed by atoms with E-state index in [1.807, 2.05) is 18.2 Å². The van der Waals surface area contributed by atoms with E-state index in [2.05, 4.69) is 26.1 Å². The summed E-state index contributed by atoms with van der Waals surface area (Å²) in [5.41, 5.74) is 1.49. The number of unbranched alkanes of at least 4 members (excludes halogenated alkanes) is 1. The van der Waals surface area contributed by atoms with Crippen molar-refractivity contribution in [2.75, 3.05) is 11.9 Å². The number of rotatable bonds is 8. The first-order chi connectivity index (χ1) is 16.0. The van der Waals surface area contributed by atoms with Crippen molar-refractivity contribution in [3.05, 3.63) is 53.5 Å². The van der Waals surface area contributed by atoms with Gasteiger partial charge in [0.2, 0.25) is 5.91 Å². The molecule has 0 fully saturated rings. The first-order valence-corrected chi connectivity index (χ1v) is 13.6. The van der Waals surface area contributed by atoms with Crippen LogP contribution >= 0.6 is 11.3 Å². The number of nitrogens with zero attached hydrogens (tertiary/aromatic N) is 2. The van der Waals surface area contributed by atoms with Crippen LogP contribution in [0.3, 0.4) is 0 Å². The van der Waals surface area contributed by atoms with Crippen molar-refractivity contribution in [2.45, 2.75) is 56.3 Å². The molecular formula is C24H28N4O3S2. The Labute approximate surface area is 198 Å². The molecule has 2 N–H and O–H groups in total. The van der Waals surface area contributed by atoms with Gasteiger partial charge in [-0.15, -0.1) is 11.3 Å². The van der Waals surface area contributed by atoms with Gasteiger partial charge in [0.15, 0.2) is 0 Å². The summed E-state index contributed by atoms with van der Waals surface area (Å²) in [7, 11) is -3.74. The first kappa shape index (κ1) is 23.4. The number of carbonyl (C=O) groups excluding carboxylic acids is 1. The Morgan fingerprint density at radius 1 is 1.03 bits per heavy atom. The van der Waals surface area contributed by atoms with Crippen LogP contribution in [0.25, 0.3) is 10.2 Å². The van der Waals surface area contributed by atoms with Gasteiger partial charge in [-0.1, -0.05) is 24.6 Å². The number of nitrogens with one attached hydrogen (secondary N) is 2. The van der Waals surface area contributed by atoms with Gasteiger partial charge in [0.05, 0.1) is 20.1 Å². The molecule has 0 aliphatic carbocycles. The molecule has 0 saturated heterocycles. The number of amidine groups is 1. The highest BCUT2D eigenvalue weighted by atomic mass is 32.2. The Balaban J connectivity index is 1.27. The molecule has 2 heterocycles. The molecule has 7 nitrogen and oxygen atoms in total. The van der Waals surface area contributed by atoms with Gasteiger partial charge < -0.3 is 5.32 Å². The fourth-order valence-electron chi connectivity index (χ4n) is 3.72. The molecular weight excluding hydrogens is 456 g/mol. The summed E-state index contributed by atoms with van der Waals surface area (Å²) in [5.74, 6) is 0.380. The second kappa shape index (κ2) is 10.9.